The van der Waals surface area contributed by atoms with Gasteiger partial charge in [0.15, 0.2) is 0 Å². The minimum absolute atomic E-state index is 0.0639. The first kappa shape index (κ1) is 13.5. The minimum atomic E-state index is -0.495. The fourth-order valence-electron chi connectivity index (χ4n) is 2.42. The van der Waals surface area contributed by atoms with Crippen molar-refractivity contribution in [3.63, 3.8) is 0 Å². The van der Waals surface area contributed by atoms with E-state index in [4.69, 9.17) is 11.5 Å². The van der Waals surface area contributed by atoms with Gasteiger partial charge in [-0.25, -0.2) is 0 Å². The molecule has 1 aliphatic carbocycles. The van der Waals surface area contributed by atoms with Gasteiger partial charge in [-0.15, -0.1) is 0 Å². The topological polar surface area (TPSA) is 98.2 Å². The summed E-state index contributed by atoms with van der Waals surface area (Å²) in [5, 5.41) is 2.87. The number of benzene rings is 1. The van der Waals surface area contributed by atoms with Crippen molar-refractivity contribution in [3.8, 4) is 0 Å². The summed E-state index contributed by atoms with van der Waals surface area (Å²) in [6.45, 7) is 2.12. The van der Waals surface area contributed by atoms with Crippen molar-refractivity contribution < 1.29 is 9.59 Å². The van der Waals surface area contributed by atoms with Crippen molar-refractivity contribution >= 4 is 17.5 Å². The van der Waals surface area contributed by atoms with Crippen LogP contribution in [0.4, 0.5) is 5.69 Å². The lowest BCUT2D eigenvalue weighted by Gasteiger charge is -2.39. The van der Waals surface area contributed by atoms with Gasteiger partial charge in [-0.2, -0.15) is 0 Å². The van der Waals surface area contributed by atoms with Crippen LogP contribution in [0.5, 0.6) is 0 Å². The molecule has 0 heterocycles. The molecule has 1 saturated carbocycles. The van der Waals surface area contributed by atoms with Crippen molar-refractivity contribution in [2.45, 2.75) is 26.2 Å². The van der Waals surface area contributed by atoms with E-state index in [1.54, 1.807) is 25.1 Å². The van der Waals surface area contributed by atoms with Gasteiger partial charge in [0.1, 0.15) is 0 Å². The molecule has 0 spiro atoms. The van der Waals surface area contributed by atoms with Crippen molar-refractivity contribution in [1.29, 1.82) is 0 Å². The Hall–Kier alpha value is -1.88. The number of hydrogen-bond acceptors (Lipinski definition) is 3. The smallest absolute Gasteiger partial charge is 0.249 e. The molecule has 102 valence electrons. The first-order valence-corrected chi connectivity index (χ1v) is 6.41. The SMILES string of the molecule is Cc1c(NC(=O)C2(CN)CCC2)cccc1C(N)=O. The van der Waals surface area contributed by atoms with Gasteiger partial charge in [-0.1, -0.05) is 12.5 Å². The second-order valence-electron chi connectivity index (χ2n) is 5.13. The average molecular weight is 261 g/mol. The molecule has 5 nitrogen and oxygen atoms in total. The van der Waals surface area contributed by atoms with Gasteiger partial charge in [0.05, 0.1) is 5.41 Å². The fourth-order valence-corrected chi connectivity index (χ4v) is 2.42. The Balaban J connectivity index is 2.22. The van der Waals surface area contributed by atoms with E-state index in [1.807, 2.05) is 0 Å². The number of rotatable bonds is 4. The quantitative estimate of drug-likeness (QED) is 0.758. The highest BCUT2D eigenvalue weighted by Crippen LogP contribution is 2.41. The summed E-state index contributed by atoms with van der Waals surface area (Å²) < 4.78 is 0. The normalized spacial score (nSPS) is 16.5. The summed E-state index contributed by atoms with van der Waals surface area (Å²) in [5.41, 5.74) is 12.3. The highest BCUT2D eigenvalue weighted by molar-refractivity contribution is 6.00. The third kappa shape index (κ3) is 2.33. The highest BCUT2D eigenvalue weighted by Gasteiger charge is 2.42. The van der Waals surface area contributed by atoms with Crippen LogP contribution in [-0.4, -0.2) is 18.4 Å². The molecule has 0 radical (unpaired) electrons. The molecule has 0 atom stereocenters. The van der Waals surface area contributed by atoms with Gasteiger partial charge in [0.25, 0.3) is 0 Å². The number of hydrogen-bond donors (Lipinski definition) is 3. The molecule has 0 aliphatic heterocycles. The molecule has 1 aromatic rings. The maximum Gasteiger partial charge on any atom is 0.249 e. The maximum atomic E-state index is 12.3. The first-order valence-electron chi connectivity index (χ1n) is 6.41. The van der Waals surface area contributed by atoms with Crippen LogP contribution in [0.1, 0.15) is 35.2 Å². The van der Waals surface area contributed by atoms with E-state index in [-0.39, 0.29) is 5.91 Å². The van der Waals surface area contributed by atoms with Crippen LogP contribution in [0.25, 0.3) is 0 Å². The summed E-state index contributed by atoms with van der Waals surface area (Å²) in [7, 11) is 0. The Kier molecular flexibility index (Phi) is 3.57. The van der Waals surface area contributed by atoms with Crippen molar-refractivity contribution in [2.24, 2.45) is 16.9 Å². The van der Waals surface area contributed by atoms with E-state index in [2.05, 4.69) is 5.32 Å². The largest absolute Gasteiger partial charge is 0.366 e. The van der Waals surface area contributed by atoms with Crippen LogP contribution < -0.4 is 16.8 Å². The highest BCUT2D eigenvalue weighted by atomic mass is 16.2. The van der Waals surface area contributed by atoms with Crippen LogP contribution in [0.15, 0.2) is 18.2 Å². The Morgan fingerprint density at radius 2 is 2.05 bits per heavy atom. The molecule has 2 amide bonds. The monoisotopic (exact) mass is 261 g/mol. The van der Waals surface area contributed by atoms with Crippen molar-refractivity contribution in [2.75, 3.05) is 11.9 Å². The second kappa shape index (κ2) is 5.01. The maximum absolute atomic E-state index is 12.3. The van der Waals surface area contributed by atoms with E-state index in [1.165, 1.54) is 0 Å². The Bertz CT molecular complexity index is 516. The van der Waals surface area contributed by atoms with Crippen molar-refractivity contribution in [3.05, 3.63) is 29.3 Å². The number of amides is 2. The van der Waals surface area contributed by atoms with Gasteiger partial charge in [-0.3, -0.25) is 9.59 Å². The third-order valence-corrected chi connectivity index (χ3v) is 4.03. The zero-order chi connectivity index (χ0) is 14.0. The van der Waals surface area contributed by atoms with Gasteiger partial charge in [0, 0.05) is 17.8 Å². The number of nitrogens with two attached hydrogens (primary N) is 2. The summed E-state index contributed by atoms with van der Waals surface area (Å²) in [4.78, 5) is 23.5. The predicted octanol–water partition coefficient (Wildman–Crippen LogP) is 1.16. The van der Waals surface area contributed by atoms with Crippen molar-refractivity contribution in [1.82, 2.24) is 0 Å². The van der Waals surface area contributed by atoms with Gasteiger partial charge in [-0.05, 0) is 37.5 Å². The van der Waals surface area contributed by atoms with Crippen LogP contribution in [0.2, 0.25) is 0 Å². The Labute approximate surface area is 112 Å². The molecule has 1 aromatic carbocycles. The number of carbonyl (C=O) groups excluding carboxylic acids is 2. The molecule has 5 N–H and O–H groups in total. The molecular formula is C14H19N3O2. The van der Waals surface area contributed by atoms with Crippen LogP contribution in [-0.2, 0) is 4.79 Å². The molecule has 2 rings (SSSR count). The molecule has 1 aliphatic rings. The van der Waals surface area contributed by atoms with Crippen LogP contribution in [0.3, 0.4) is 0 Å². The molecule has 1 fully saturated rings. The Morgan fingerprint density at radius 3 is 2.53 bits per heavy atom. The van der Waals surface area contributed by atoms with Gasteiger partial charge < -0.3 is 16.8 Å². The predicted molar refractivity (Wildman–Crippen MR) is 73.7 cm³/mol. The molecule has 0 unspecified atom stereocenters. The van der Waals surface area contributed by atoms with E-state index in [9.17, 15) is 9.59 Å². The molecule has 5 heteroatoms. The standard InChI is InChI=1S/C14H19N3O2/c1-9-10(12(16)18)4-2-5-11(9)17-13(19)14(8-15)6-3-7-14/h2,4-5H,3,6-8,15H2,1H3,(H2,16,18)(H,17,19). The zero-order valence-electron chi connectivity index (χ0n) is 11.0. The van der Waals surface area contributed by atoms with Crippen LogP contribution in [0, 0.1) is 12.3 Å². The van der Waals surface area contributed by atoms with Gasteiger partial charge in [0.2, 0.25) is 11.8 Å². The van der Waals surface area contributed by atoms with E-state index in [0.717, 1.165) is 19.3 Å². The molecule has 19 heavy (non-hydrogen) atoms. The number of anilines is 1. The van der Waals surface area contributed by atoms with Crippen LogP contribution >= 0.6 is 0 Å². The number of carbonyl (C=O) groups is 2. The third-order valence-electron chi connectivity index (χ3n) is 4.03. The minimum Gasteiger partial charge on any atom is -0.366 e. The zero-order valence-corrected chi connectivity index (χ0v) is 11.0. The molecular weight excluding hydrogens is 242 g/mol. The van der Waals surface area contributed by atoms with Gasteiger partial charge >= 0.3 is 0 Å². The lowest BCUT2D eigenvalue weighted by Crippen LogP contribution is -2.47. The lowest BCUT2D eigenvalue weighted by atomic mass is 9.68. The fraction of sp³-hybridized carbons (Fsp3) is 0.429. The molecule has 0 bridgehead atoms. The lowest BCUT2D eigenvalue weighted by molar-refractivity contribution is -0.129. The van der Waals surface area contributed by atoms with E-state index >= 15 is 0 Å². The first-order chi connectivity index (χ1) is 9.00. The summed E-state index contributed by atoms with van der Waals surface area (Å²) in [6.07, 6.45) is 2.68. The van der Waals surface area contributed by atoms with E-state index in [0.29, 0.717) is 23.4 Å². The molecule has 0 aromatic heterocycles. The summed E-state index contributed by atoms with van der Waals surface area (Å²) in [6, 6.07) is 5.12. The number of primary amides is 1. The number of nitrogens with one attached hydrogen (secondary N) is 1. The molecule has 0 saturated heterocycles. The second-order valence-corrected chi connectivity index (χ2v) is 5.13. The summed E-state index contributed by atoms with van der Waals surface area (Å²) >= 11 is 0. The Morgan fingerprint density at radius 1 is 1.37 bits per heavy atom. The van der Waals surface area contributed by atoms with E-state index < -0.39 is 11.3 Å². The summed E-state index contributed by atoms with van der Waals surface area (Å²) in [5.74, 6) is -0.559. The average Bonchev–Trinajstić information content (AvgIpc) is 2.30.